The predicted molar refractivity (Wildman–Crippen MR) is 102 cm³/mol. The van der Waals surface area contributed by atoms with E-state index in [0.29, 0.717) is 6.42 Å². The Morgan fingerprint density at radius 3 is 2.72 bits per heavy atom. The fraction of sp³-hybridized carbons (Fsp3) is 0.238. The van der Waals surface area contributed by atoms with Crippen LogP contribution in [-0.4, -0.2) is 22.6 Å². The van der Waals surface area contributed by atoms with E-state index in [-0.39, 0.29) is 6.10 Å². The molecule has 126 valence electrons. The zero-order valence-corrected chi connectivity index (χ0v) is 14.5. The molecule has 25 heavy (non-hydrogen) atoms. The molecule has 0 saturated heterocycles. The van der Waals surface area contributed by atoms with E-state index in [1.807, 2.05) is 62.4 Å². The van der Waals surface area contributed by atoms with Crippen molar-refractivity contribution in [2.24, 2.45) is 0 Å². The second-order valence-electron chi connectivity index (χ2n) is 5.88. The minimum Gasteiger partial charge on any atom is -0.490 e. The van der Waals surface area contributed by atoms with Gasteiger partial charge in [0.25, 0.3) is 0 Å². The van der Waals surface area contributed by atoms with Crippen LogP contribution in [0.2, 0.25) is 0 Å². The third-order valence-electron chi connectivity index (χ3n) is 3.56. The van der Waals surface area contributed by atoms with Crippen LogP contribution in [0.3, 0.4) is 0 Å². The summed E-state index contributed by atoms with van der Waals surface area (Å²) in [5.41, 5.74) is 1.86. The molecule has 4 nitrogen and oxygen atoms in total. The van der Waals surface area contributed by atoms with Crippen molar-refractivity contribution in [3.8, 4) is 17.6 Å². The molecule has 3 aromatic rings. The van der Waals surface area contributed by atoms with Gasteiger partial charge >= 0.3 is 0 Å². The lowest BCUT2D eigenvalue weighted by Crippen LogP contribution is -2.06. The van der Waals surface area contributed by atoms with Gasteiger partial charge in [-0.1, -0.05) is 36.1 Å². The Bertz CT molecular complexity index is 904. The van der Waals surface area contributed by atoms with Crippen molar-refractivity contribution in [3.05, 3.63) is 60.4 Å². The number of nitrogens with zero attached hydrogens (tertiary/aromatic N) is 2. The molecule has 0 aliphatic carbocycles. The molecule has 0 radical (unpaired) electrons. The van der Waals surface area contributed by atoms with Gasteiger partial charge < -0.3 is 10.1 Å². The van der Waals surface area contributed by atoms with Crippen molar-refractivity contribution < 1.29 is 4.74 Å². The van der Waals surface area contributed by atoms with Crippen LogP contribution in [0.15, 0.2) is 54.9 Å². The molecule has 0 aliphatic heterocycles. The van der Waals surface area contributed by atoms with Crippen molar-refractivity contribution in [2.45, 2.75) is 26.4 Å². The van der Waals surface area contributed by atoms with Crippen molar-refractivity contribution in [3.63, 3.8) is 0 Å². The average Bonchev–Trinajstić information content (AvgIpc) is 2.62. The first kappa shape index (κ1) is 16.8. The van der Waals surface area contributed by atoms with Gasteiger partial charge in [-0.2, -0.15) is 0 Å². The number of nitrogens with one attached hydrogen (secondary N) is 1. The van der Waals surface area contributed by atoms with Gasteiger partial charge in [-0.15, -0.1) is 0 Å². The Morgan fingerprint density at radius 2 is 1.84 bits per heavy atom. The minimum absolute atomic E-state index is 0.135. The van der Waals surface area contributed by atoms with Crippen molar-refractivity contribution in [2.75, 3.05) is 11.9 Å². The number of hydrogen-bond acceptors (Lipinski definition) is 4. The normalized spacial score (nSPS) is 10.4. The standard InChI is InChI=1S/C21H21N3O/c1-16(2)25-20-13-6-3-9-17(20)10-7-8-14-22-21-18-11-4-5-12-19(18)23-15-24-21/h3-6,9,11-13,15-16H,8,14H2,1-2H3,(H,22,23,24). The molecular formula is C21H21N3O. The molecule has 0 amide bonds. The van der Waals surface area contributed by atoms with Crippen LogP contribution in [-0.2, 0) is 0 Å². The van der Waals surface area contributed by atoms with E-state index >= 15 is 0 Å². The lowest BCUT2D eigenvalue weighted by Gasteiger charge is -2.10. The molecule has 1 aromatic heterocycles. The number of rotatable bonds is 5. The first-order chi connectivity index (χ1) is 12.2. The van der Waals surface area contributed by atoms with Gasteiger partial charge in [-0.25, -0.2) is 9.97 Å². The fourth-order valence-corrected chi connectivity index (χ4v) is 2.47. The van der Waals surface area contributed by atoms with Gasteiger partial charge in [0.05, 0.1) is 17.2 Å². The van der Waals surface area contributed by atoms with Crippen LogP contribution in [0, 0.1) is 11.8 Å². The molecule has 0 unspecified atom stereocenters. The Morgan fingerprint density at radius 1 is 1.04 bits per heavy atom. The van der Waals surface area contributed by atoms with Crippen LogP contribution in [0.1, 0.15) is 25.8 Å². The monoisotopic (exact) mass is 331 g/mol. The number of fused-ring (bicyclic) bond motifs is 1. The molecule has 4 heteroatoms. The highest BCUT2D eigenvalue weighted by Gasteiger charge is 2.02. The second kappa shape index (κ2) is 8.16. The summed E-state index contributed by atoms with van der Waals surface area (Å²) < 4.78 is 5.78. The number of aromatic nitrogens is 2. The lowest BCUT2D eigenvalue weighted by molar-refractivity contribution is 0.242. The highest BCUT2D eigenvalue weighted by molar-refractivity contribution is 5.88. The van der Waals surface area contributed by atoms with Crippen molar-refractivity contribution in [1.29, 1.82) is 0 Å². The summed E-state index contributed by atoms with van der Waals surface area (Å²) in [4.78, 5) is 8.59. The number of hydrogen-bond donors (Lipinski definition) is 1. The number of benzene rings is 2. The fourth-order valence-electron chi connectivity index (χ4n) is 2.47. The van der Waals surface area contributed by atoms with Gasteiger partial charge in [-0.3, -0.25) is 0 Å². The zero-order valence-electron chi connectivity index (χ0n) is 14.5. The Balaban J connectivity index is 1.62. The highest BCUT2D eigenvalue weighted by Crippen LogP contribution is 2.19. The van der Waals surface area contributed by atoms with Crippen LogP contribution in [0.5, 0.6) is 5.75 Å². The maximum absolute atomic E-state index is 5.78. The third kappa shape index (κ3) is 4.48. The van der Waals surface area contributed by atoms with Gasteiger partial charge in [0, 0.05) is 18.4 Å². The summed E-state index contributed by atoms with van der Waals surface area (Å²) in [6, 6.07) is 15.8. The topological polar surface area (TPSA) is 47.0 Å². The largest absolute Gasteiger partial charge is 0.490 e. The SMILES string of the molecule is CC(C)Oc1ccccc1C#CCCNc1ncnc2ccccc12. The maximum Gasteiger partial charge on any atom is 0.137 e. The van der Waals surface area contributed by atoms with Crippen LogP contribution < -0.4 is 10.1 Å². The van der Waals surface area contributed by atoms with E-state index in [1.165, 1.54) is 0 Å². The van der Waals surface area contributed by atoms with Crippen molar-refractivity contribution in [1.82, 2.24) is 9.97 Å². The summed E-state index contributed by atoms with van der Waals surface area (Å²) in [7, 11) is 0. The number of anilines is 1. The summed E-state index contributed by atoms with van der Waals surface area (Å²) in [5.74, 6) is 8.07. The molecule has 0 atom stereocenters. The van der Waals surface area contributed by atoms with Gasteiger partial charge in [-0.05, 0) is 38.1 Å². The van der Waals surface area contributed by atoms with E-state index in [9.17, 15) is 0 Å². The quantitative estimate of drug-likeness (QED) is 0.560. The Kier molecular flexibility index (Phi) is 5.48. The highest BCUT2D eigenvalue weighted by atomic mass is 16.5. The van der Waals surface area contributed by atoms with Crippen LogP contribution in [0.25, 0.3) is 10.9 Å². The minimum atomic E-state index is 0.135. The molecule has 0 bridgehead atoms. The van der Waals surface area contributed by atoms with Crippen molar-refractivity contribution >= 4 is 16.7 Å². The second-order valence-corrected chi connectivity index (χ2v) is 5.88. The van der Waals surface area contributed by atoms with E-state index in [1.54, 1.807) is 6.33 Å². The molecule has 1 heterocycles. The van der Waals surface area contributed by atoms with E-state index in [2.05, 4.69) is 27.1 Å². The van der Waals surface area contributed by atoms with E-state index in [0.717, 1.165) is 34.6 Å². The first-order valence-electron chi connectivity index (χ1n) is 8.42. The molecular weight excluding hydrogens is 310 g/mol. The molecule has 0 fully saturated rings. The summed E-state index contributed by atoms with van der Waals surface area (Å²) >= 11 is 0. The average molecular weight is 331 g/mol. The van der Waals surface area contributed by atoms with Crippen LogP contribution >= 0.6 is 0 Å². The smallest absolute Gasteiger partial charge is 0.137 e. The van der Waals surface area contributed by atoms with Crippen LogP contribution in [0.4, 0.5) is 5.82 Å². The van der Waals surface area contributed by atoms with E-state index < -0.39 is 0 Å². The summed E-state index contributed by atoms with van der Waals surface area (Å²) in [5, 5.41) is 4.36. The Labute approximate surface area is 148 Å². The molecule has 3 rings (SSSR count). The Hall–Kier alpha value is -3.06. The maximum atomic E-state index is 5.78. The van der Waals surface area contributed by atoms with E-state index in [4.69, 9.17) is 4.74 Å². The number of ether oxygens (including phenoxy) is 1. The molecule has 0 aliphatic rings. The summed E-state index contributed by atoms with van der Waals surface area (Å²) in [6.45, 7) is 4.75. The molecule has 1 N–H and O–H groups in total. The molecule has 0 saturated carbocycles. The van der Waals surface area contributed by atoms with Gasteiger partial charge in [0.1, 0.15) is 17.9 Å². The first-order valence-corrected chi connectivity index (χ1v) is 8.42. The molecule has 0 spiro atoms. The van der Waals surface area contributed by atoms with Gasteiger partial charge in [0.2, 0.25) is 0 Å². The predicted octanol–water partition coefficient (Wildman–Crippen LogP) is 4.27. The zero-order chi connectivity index (χ0) is 17.5. The molecule has 2 aromatic carbocycles. The lowest BCUT2D eigenvalue weighted by atomic mass is 10.2. The number of para-hydroxylation sites is 2. The van der Waals surface area contributed by atoms with Gasteiger partial charge in [0.15, 0.2) is 0 Å². The summed E-state index contributed by atoms with van der Waals surface area (Å²) in [6.07, 6.45) is 2.43. The third-order valence-corrected chi connectivity index (χ3v) is 3.56.